The fraction of sp³-hybridized carbons (Fsp3) is 0.735. The van der Waals surface area contributed by atoms with Crippen molar-refractivity contribution < 1.29 is 70.1 Å². The van der Waals surface area contributed by atoms with Crippen molar-refractivity contribution >= 4 is 17.3 Å². The number of alkyl halides is 3. The van der Waals surface area contributed by atoms with E-state index >= 15 is 0 Å². The zero-order valence-electron chi connectivity index (χ0n) is 39.2. The van der Waals surface area contributed by atoms with E-state index in [2.05, 4.69) is 12.2 Å². The highest BCUT2D eigenvalue weighted by Gasteiger charge is 2.30. The van der Waals surface area contributed by atoms with E-state index in [9.17, 15) is 18.0 Å². The van der Waals surface area contributed by atoms with Crippen LogP contribution in [0.4, 0.5) is 24.5 Å². The van der Waals surface area contributed by atoms with Crippen molar-refractivity contribution in [2.24, 2.45) is 0 Å². The van der Waals surface area contributed by atoms with Gasteiger partial charge in [-0.1, -0.05) is 102 Å². The molecule has 0 saturated heterocycles. The van der Waals surface area contributed by atoms with Gasteiger partial charge in [0, 0.05) is 12.3 Å². The molecule has 0 saturated carbocycles. The van der Waals surface area contributed by atoms with E-state index < -0.39 is 17.7 Å². The molecule has 0 fully saturated rings. The van der Waals surface area contributed by atoms with E-state index in [0.717, 1.165) is 25.2 Å². The number of nitrogens with one attached hydrogen (secondary N) is 1. The van der Waals surface area contributed by atoms with Gasteiger partial charge in [-0.05, 0) is 36.8 Å². The van der Waals surface area contributed by atoms with E-state index in [1.165, 1.54) is 95.2 Å². The minimum absolute atomic E-state index is 0.000665. The van der Waals surface area contributed by atoms with Crippen LogP contribution in [-0.2, 0) is 58.3 Å². The van der Waals surface area contributed by atoms with Gasteiger partial charge < -0.3 is 57.4 Å². The highest BCUT2D eigenvalue weighted by atomic mass is 19.4. The van der Waals surface area contributed by atoms with Crippen LogP contribution >= 0.6 is 0 Å². The standard InChI is InChI=1S/C49H80F3NO12/c1-2-3-4-5-6-7-8-9-10-11-12-13-16-22-55-23-24-56-25-26-57-27-28-58-29-30-59-31-32-60-33-34-61-35-36-62-37-38-63-39-40-64-41-42-65-48(54)46-20-14-15-21-47(46)53-45-19-17-18-44(43-45)49(50,51)52/h14-15,17-21,43,53H,2-13,16,22-42H2,1H3. The Labute approximate surface area is 386 Å². The zero-order chi connectivity index (χ0) is 46.6. The molecule has 0 aliphatic rings. The fourth-order valence-electron chi connectivity index (χ4n) is 6.27. The minimum Gasteiger partial charge on any atom is -0.460 e. The Hall–Kier alpha value is -2.90. The predicted octanol–water partition coefficient (Wildman–Crippen LogP) is 9.86. The summed E-state index contributed by atoms with van der Waals surface area (Å²) in [4.78, 5) is 12.6. The summed E-state index contributed by atoms with van der Waals surface area (Å²) in [5.74, 6) is -0.627. The minimum atomic E-state index is -4.48. The van der Waals surface area contributed by atoms with Crippen molar-refractivity contribution in [1.29, 1.82) is 0 Å². The van der Waals surface area contributed by atoms with Gasteiger partial charge in [0.2, 0.25) is 0 Å². The molecule has 0 aliphatic heterocycles. The first-order valence-corrected chi connectivity index (χ1v) is 23.9. The Balaban J connectivity index is 1.21. The second-order valence-electron chi connectivity index (χ2n) is 15.3. The Kier molecular flexibility index (Phi) is 38.0. The largest absolute Gasteiger partial charge is 0.460 e. The smallest absolute Gasteiger partial charge is 0.416 e. The zero-order valence-corrected chi connectivity index (χ0v) is 39.2. The van der Waals surface area contributed by atoms with Crippen molar-refractivity contribution in [3.63, 3.8) is 0 Å². The van der Waals surface area contributed by atoms with E-state index in [-0.39, 0.29) is 24.5 Å². The fourth-order valence-corrected chi connectivity index (χ4v) is 6.27. The second kappa shape index (κ2) is 42.5. The van der Waals surface area contributed by atoms with Crippen LogP contribution in [0, 0.1) is 0 Å². The maximum atomic E-state index is 13.1. The second-order valence-corrected chi connectivity index (χ2v) is 15.3. The lowest BCUT2D eigenvalue weighted by Gasteiger charge is -2.13. The van der Waals surface area contributed by atoms with E-state index in [0.29, 0.717) is 125 Å². The van der Waals surface area contributed by atoms with Crippen LogP contribution < -0.4 is 5.32 Å². The Morgan fingerprint density at radius 1 is 0.431 bits per heavy atom. The first kappa shape index (κ1) is 58.2. The lowest BCUT2D eigenvalue weighted by molar-refractivity contribution is -0.137. The number of para-hydroxylation sites is 1. The molecule has 16 heteroatoms. The highest BCUT2D eigenvalue weighted by molar-refractivity contribution is 5.96. The molecule has 0 bridgehead atoms. The molecule has 374 valence electrons. The molecule has 2 rings (SSSR count). The molecular weight excluding hydrogens is 852 g/mol. The molecule has 0 heterocycles. The van der Waals surface area contributed by atoms with Gasteiger partial charge in [0.15, 0.2) is 0 Å². The number of anilines is 2. The topological polar surface area (TPSA) is 131 Å². The number of hydrogen-bond acceptors (Lipinski definition) is 13. The summed E-state index contributed by atoms with van der Waals surface area (Å²) in [6.45, 7) is 11.7. The summed E-state index contributed by atoms with van der Waals surface area (Å²) in [6.07, 6.45) is 13.1. The monoisotopic (exact) mass is 932 g/mol. The SMILES string of the molecule is CCCCCCCCCCCCCCCOCCOCCOCCOCCOCCOCCOCCOCCOCCOCCOC(=O)c1ccccc1Nc1cccc(C(F)(F)F)c1. The summed E-state index contributed by atoms with van der Waals surface area (Å²) in [7, 11) is 0. The molecule has 0 amide bonds. The number of hydrogen-bond donors (Lipinski definition) is 1. The van der Waals surface area contributed by atoms with Gasteiger partial charge in [-0.25, -0.2) is 4.79 Å². The average Bonchev–Trinajstić information content (AvgIpc) is 3.30. The molecule has 0 unspecified atom stereocenters. The number of rotatable bonds is 47. The van der Waals surface area contributed by atoms with E-state index in [1.54, 1.807) is 18.2 Å². The van der Waals surface area contributed by atoms with Gasteiger partial charge in [0.1, 0.15) is 6.61 Å². The third-order valence-electron chi connectivity index (χ3n) is 9.82. The van der Waals surface area contributed by atoms with Gasteiger partial charge in [0.05, 0.1) is 142 Å². The summed E-state index contributed by atoms with van der Waals surface area (Å²) in [6, 6.07) is 11.2. The summed E-state index contributed by atoms with van der Waals surface area (Å²) in [5.41, 5.74) is -0.0838. The van der Waals surface area contributed by atoms with Crippen molar-refractivity contribution in [3.8, 4) is 0 Å². The van der Waals surface area contributed by atoms with Gasteiger partial charge in [-0.2, -0.15) is 13.2 Å². The van der Waals surface area contributed by atoms with Gasteiger partial charge in [-0.15, -0.1) is 0 Å². The maximum absolute atomic E-state index is 13.1. The first-order valence-electron chi connectivity index (χ1n) is 23.9. The van der Waals surface area contributed by atoms with Crippen LogP contribution in [0.3, 0.4) is 0 Å². The van der Waals surface area contributed by atoms with Crippen LogP contribution in [0.25, 0.3) is 0 Å². The average molecular weight is 932 g/mol. The van der Waals surface area contributed by atoms with Gasteiger partial charge in [0.25, 0.3) is 0 Å². The lowest BCUT2D eigenvalue weighted by atomic mass is 10.0. The van der Waals surface area contributed by atoms with E-state index in [1.807, 2.05) is 0 Å². The number of carbonyl (C=O) groups is 1. The number of carbonyl (C=O) groups excluding carboxylic acids is 1. The Bertz CT molecular complexity index is 1380. The molecule has 2 aromatic rings. The summed E-state index contributed by atoms with van der Waals surface area (Å²) < 4.78 is 99.8. The summed E-state index contributed by atoms with van der Waals surface area (Å²) in [5, 5.41) is 2.86. The predicted molar refractivity (Wildman–Crippen MR) is 245 cm³/mol. The van der Waals surface area contributed by atoms with Crippen LogP contribution in [0.1, 0.15) is 106 Å². The Morgan fingerprint density at radius 2 is 0.785 bits per heavy atom. The number of halogens is 3. The van der Waals surface area contributed by atoms with Crippen molar-refractivity contribution in [1.82, 2.24) is 0 Å². The van der Waals surface area contributed by atoms with Crippen LogP contribution in [0.5, 0.6) is 0 Å². The molecular formula is C49H80F3NO12. The number of ether oxygens (including phenoxy) is 11. The van der Waals surface area contributed by atoms with Crippen LogP contribution in [0.2, 0.25) is 0 Å². The van der Waals surface area contributed by atoms with E-state index in [4.69, 9.17) is 52.1 Å². The lowest BCUT2D eigenvalue weighted by Crippen LogP contribution is -2.16. The quantitative estimate of drug-likeness (QED) is 0.0500. The van der Waals surface area contributed by atoms with Gasteiger partial charge in [-0.3, -0.25) is 0 Å². The maximum Gasteiger partial charge on any atom is 0.416 e. The molecule has 65 heavy (non-hydrogen) atoms. The highest BCUT2D eigenvalue weighted by Crippen LogP contribution is 2.32. The Morgan fingerprint density at radius 3 is 1.18 bits per heavy atom. The normalized spacial score (nSPS) is 11.7. The van der Waals surface area contributed by atoms with Crippen LogP contribution in [-0.4, -0.2) is 145 Å². The molecule has 0 aromatic heterocycles. The third kappa shape index (κ3) is 35.0. The van der Waals surface area contributed by atoms with Crippen molar-refractivity contribution in [3.05, 3.63) is 59.7 Å². The number of unbranched alkanes of at least 4 members (excludes halogenated alkanes) is 12. The van der Waals surface area contributed by atoms with Crippen LogP contribution in [0.15, 0.2) is 48.5 Å². The molecule has 13 nitrogen and oxygen atoms in total. The molecule has 0 spiro atoms. The number of esters is 1. The van der Waals surface area contributed by atoms with Gasteiger partial charge >= 0.3 is 12.1 Å². The molecule has 1 N–H and O–H groups in total. The molecule has 0 aliphatic carbocycles. The van der Waals surface area contributed by atoms with Crippen molar-refractivity contribution in [2.75, 3.05) is 144 Å². The molecule has 2 aromatic carbocycles. The van der Waals surface area contributed by atoms with Crippen molar-refractivity contribution in [2.45, 2.75) is 96.6 Å². The summed E-state index contributed by atoms with van der Waals surface area (Å²) >= 11 is 0. The third-order valence-corrected chi connectivity index (χ3v) is 9.82. The number of benzene rings is 2. The first-order chi connectivity index (χ1) is 31.9. The molecule has 0 atom stereocenters. The molecule has 0 radical (unpaired) electrons.